The average Bonchev–Trinajstić information content (AvgIpc) is 3.01. The van der Waals surface area contributed by atoms with Gasteiger partial charge in [-0.3, -0.25) is 0 Å². The van der Waals surface area contributed by atoms with Gasteiger partial charge in [-0.15, -0.1) is 0 Å². The molecule has 6 heteroatoms. The highest BCUT2D eigenvalue weighted by Crippen LogP contribution is 2.28. The van der Waals surface area contributed by atoms with Crippen molar-refractivity contribution >= 4 is 22.8 Å². The highest BCUT2D eigenvalue weighted by atomic mass is 16.6. The third-order valence-corrected chi connectivity index (χ3v) is 5.29. The summed E-state index contributed by atoms with van der Waals surface area (Å²) >= 11 is 0. The van der Waals surface area contributed by atoms with Crippen LogP contribution in [0.2, 0.25) is 0 Å². The normalized spacial score (nSPS) is 11.7. The summed E-state index contributed by atoms with van der Waals surface area (Å²) in [5, 5.41) is 1.01. The highest BCUT2D eigenvalue weighted by Gasteiger charge is 2.17. The molecule has 3 aromatic rings. The van der Waals surface area contributed by atoms with Crippen LogP contribution in [-0.4, -0.2) is 36.3 Å². The zero-order chi connectivity index (χ0) is 22.5. The van der Waals surface area contributed by atoms with Gasteiger partial charge >= 0.3 is 11.9 Å². The van der Waals surface area contributed by atoms with Crippen molar-refractivity contribution in [1.82, 2.24) is 4.57 Å². The fourth-order valence-corrected chi connectivity index (χ4v) is 3.52. The number of ether oxygens (including phenoxy) is 3. The quantitative estimate of drug-likeness (QED) is 0.393. The van der Waals surface area contributed by atoms with Crippen molar-refractivity contribution in [3.05, 3.63) is 77.5 Å². The van der Waals surface area contributed by atoms with E-state index in [1.165, 1.54) is 7.11 Å². The Hall–Kier alpha value is -3.54. The predicted molar refractivity (Wildman–Crippen MR) is 120 cm³/mol. The summed E-state index contributed by atoms with van der Waals surface area (Å²) < 4.78 is 17.8. The second kappa shape index (κ2) is 9.51. The third-order valence-electron chi connectivity index (χ3n) is 5.29. The number of carbonyl (C=O) groups excluding carboxylic acids is 2. The smallest absolute Gasteiger partial charge is 0.346 e. The second-order valence-corrected chi connectivity index (χ2v) is 7.35. The zero-order valence-corrected chi connectivity index (χ0v) is 18.3. The zero-order valence-electron chi connectivity index (χ0n) is 18.3. The number of aromatic nitrogens is 1. The minimum atomic E-state index is -0.684. The summed E-state index contributed by atoms with van der Waals surface area (Å²) in [4.78, 5) is 23.8. The van der Waals surface area contributed by atoms with Gasteiger partial charge in [0.15, 0.2) is 6.10 Å². The topological polar surface area (TPSA) is 66.8 Å². The lowest BCUT2D eigenvalue weighted by atomic mass is 10.1. The molecule has 1 atom stereocenters. The Morgan fingerprint density at radius 1 is 1.16 bits per heavy atom. The molecule has 0 radical (unpaired) electrons. The maximum absolute atomic E-state index is 12.2. The molecular weight excluding hydrogens is 394 g/mol. The molecule has 0 bridgehead atoms. The molecule has 162 valence electrons. The van der Waals surface area contributed by atoms with Crippen molar-refractivity contribution in [2.24, 2.45) is 0 Å². The molecule has 0 spiro atoms. The van der Waals surface area contributed by atoms with E-state index in [0.717, 1.165) is 27.7 Å². The molecule has 0 amide bonds. The fourth-order valence-electron chi connectivity index (χ4n) is 3.52. The summed E-state index contributed by atoms with van der Waals surface area (Å²) in [6.45, 7) is 10.1. The number of esters is 2. The number of hydrogen-bond donors (Lipinski definition) is 0. The van der Waals surface area contributed by atoms with Gasteiger partial charge < -0.3 is 18.8 Å². The number of methoxy groups -OCH3 is 1. The summed E-state index contributed by atoms with van der Waals surface area (Å²) in [6, 6.07) is 13.2. The van der Waals surface area contributed by atoms with E-state index in [2.05, 4.69) is 18.1 Å². The molecule has 0 saturated carbocycles. The van der Waals surface area contributed by atoms with Gasteiger partial charge in [0.25, 0.3) is 0 Å². The van der Waals surface area contributed by atoms with Gasteiger partial charge in [0, 0.05) is 23.1 Å². The molecule has 1 heterocycles. The van der Waals surface area contributed by atoms with Crippen molar-refractivity contribution in [3.8, 4) is 5.75 Å². The van der Waals surface area contributed by atoms with Crippen molar-refractivity contribution in [3.63, 3.8) is 0 Å². The van der Waals surface area contributed by atoms with Crippen LogP contribution >= 0.6 is 0 Å². The first-order valence-corrected chi connectivity index (χ1v) is 10.1. The number of hydrogen-bond acceptors (Lipinski definition) is 5. The molecular formula is C25H27NO5. The predicted octanol–water partition coefficient (Wildman–Crippen LogP) is 4.59. The number of nitrogens with zero attached hydrogens (tertiary/aromatic N) is 1. The molecule has 0 saturated heterocycles. The first-order valence-electron chi connectivity index (χ1n) is 10.1. The van der Waals surface area contributed by atoms with Crippen molar-refractivity contribution < 1.29 is 23.8 Å². The largest absolute Gasteiger partial charge is 0.479 e. The van der Waals surface area contributed by atoms with Gasteiger partial charge in [0.05, 0.1) is 12.7 Å². The average molecular weight is 421 g/mol. The van der Waals surface area contributed by atoms with Crippen LogP contribution in [0, 0.1) is 13.8 Å². The van der Waals surface area contributed by atoms with E-state index in [1.54, 1.807) is 19.1 Å². The van der Waals surface area contributed by atoms with Gasteiger partial charge in [-0.1, -0.05) is 24.8 Å². The van der Waals surface area contributed by atoms with E-state index in [1.807, 2.05) is 43.3 Å². The number of carbonyl (C=O) groups is 2. The molecule has 0 fully saturated rings. The van der Waals surface area contributed by atoms with E-state index in [9.17, 15) is 9.59 Å². The van der Waals surface area contributed by atoms with Gasteiger partial charge in [-0.25, -0.2) is 9.59 Å². The first-order chi connectivity index (χ1) is 14.8. The second-order valence-electron chi connectivity index (χ2n) is 7.35. The summed E-state index contributed by atoms with van der Waals surface area (Å²) in [7, 11) is 1.34. The Morgan fingerprint density at radius 2 is 1.94 bits per heavy atom. The molecule has 0 aliphatic rings. The summed E-state index contributed by atoms with van der Waals surface area (Å²) in [5.74, 6) is -0.180. The molecule has 3 rings (SSSR count). The van der Waals surface area contributed by atoms with Crippen LogP contribution in [0.25, 0.3) is 10.9 Å². The third kappa shape index (κ3) is 4.79. The summed E-state index contributed by atoms with van der Waals surface area (Å²) in [6.07, 6.45) is 0.863. The van der Waals surface area contributed by atoms with Gasteiger partial charge in [0.2, 0.25) is 0 Å². The van der Waals surface area contributed by atoms with E-state index >= 15 is 0 Å². The minimum Gasteiger partial charge on any atom is -0.479 e. The van der Waals surface area contributed by atoms with E-state index < -0.39 is 12.1 Å². The van der Waals surface area contributed by atoms with Crippen molar-refractivity contribution in [1.29, 1.82) is 0 Å². The standard InChI is InChI=1S/C25H27NO5/c1-6-12-30-25(28)20-10-11-23-22(14-20)16(2)17(3)26(23)15-19-8-7-9-21(13-19)31-18(4)24(27)29-5/h6-11,13-14,18H,1,12,15H2,2-5H3/t18-/m0/s1. The van der Waals surface area contributed by atoms with E-state index in [-0.39, 0.29) is 12.6 Å². The van der Waals surface area contributed by atoms with Crippen LogP contribution in [0.1, 0.15) is 34.1 Å². The van der Waals surface area contributed by atoms with Gasteiger partial charge in [0.1, 0.15) is 12.4 Å². The van der Waals surface area contributed by atoms with Crippen LogP contribution in [0.5, 0.6) is 5.75 Å². The Morgan fingerprint density at radius 3 is 2.65 bits per heavy atom. The summed E-state index contributed by atoms with van der Waals surface area (Å²) in [5.41, 5.74) is 4.80. The number of aryl methyl sites for hydroxylation is 1. The van der Waals surface area contributed by atoms with E-state index in [4.69, 9.17) is 14.2 Å². The van der Waals surface area contributed by atoms with Crippen LogP contribution in [-0.2, 0) is 20.8 Å². The molecule has 0 N–H and O–H groups in total. The Bertz CT molecular complexity index is 1130. The highest BCUT2D eigenvalue weighted by molar-refractivity contribution is 5.96. The Kier molecular flexibility index (Phi) is 6.80. The van der Waals surface area contributed by atoms with Crippen LogP contribution in [0.15, 0.2) is 55.1 Å². The number of benzene rings is 2. The molecule has 0 unspecified atom stereocenters. The molecule has 0 aliphatic heterocycles. The number of fused-ring (bicyclic) bond motifs is 1. The monoisotopic (exact) mass is 421 g/mol. The first kappa shape index (κ1) is 22.2. The molecule has 0 aliphatic carbocycles. The lowest BCUT2D eigenvalue weighted by molar-refractivity contribution is -0.147. The van der Waals surface area contributed by atoms with Crippen LogP contribution in [0.3, 0.4) is 0 Å². The molecule has 1 aromatic heterocycles. The SMILES string of the molecule is C=CCOC(=O)c1ccc2c(c1)c(C)c(C)n2Cc1cccc(O[C@@H](C)C(=O)OC)c1. The van der Waals surface area contributed by atoms with Gasteiger partial charge in [-0.05, 0) is 62.2 Å². The number of rotatable bonds is 8. The van der Waals surface area contributed by atoms with Crippen molar-refractivity contribution in [2.75, 3.05) is 13.7 Å². The van der Waals surface area contributed by atoms with Crippen molar-refractivity contribution in [2.45, 2.75) is 33.4 Å². The minimum absolute atomic E-state index is 0.183. The van der Waals surface area contributed by atoms with E-state index in [0.29, 0.717) is 17.9 Å². The molecule has 31 heavy (non-hydrogen) atoms. The maximum Gasteiger partial charge on any atom is 0.346 e. The van der Waals surface area contributed by atoms with Crippen LogP contribution in [0.4, 0.5) is 0 Å². The Balaban J connectivity index is 1.89. The fraction of sp³-hybridized carbons (Fsp3) is 0.280. The lowest BCUT2D eigenvalue weighted by Crippen LogP contribution is -2.24. The maximum atomic E-state index is 12.2. The molecule has 2 aromatic carbocycles. The lowest BCUT2D eigenvalue weighted by Gasteiger charge is -2.14. The van der Waals surface area contributed by atoms with Crippen LogP contribution < -0.4 is 4.74 Å². The molecule has 6 nitrogen and oxygen atoms in total. The Labute approximate surface area is 182 Å². The van der Waals surface area contributed by atoms with Gasteiger partial charge in [-0.2, -0.15) is 0 Å².